The van der Waals surface area contributed by atoms with Crippen LogP contribution in [0.4, 0.5) is 0 Å². The number of hydrogen-bond donors (Lipinski definition) is 0. The summed E-state index contributed by atoms with van der Waals surface area (Å²) in [6, 6.07) is 13.5. The predicted molar refractivity (Wildman–Crippen MR) is 110 cm³/mol. The molecule has 1 saturated heterocycles. The first kappa shape index (κ1) is 18.3. The first-order valence-electron chi connectivity index (χ1n) is 8.79. The first-order valence-corrected chi connectivity index (χ1v) is 10.4. The third kappa shape index (κ3) is 3.94. The summed E-state index contributed by atoms with van der Waals surface area (Å²) >= 11 is 5.03. The predicted octanol–water partition coefficient (Wildman–Crippen LogP) is 4.75. The minimum absolute atomic E-state index is 0.0132. The Balaban J connectivity index is 1.39. The lowest BCUT2D eigenvalue weighted by Crippen LogP contribution is -2.41. The van der Waals surface area contributed by atoms with E-state index in [0.717, 1.165) is 27.5 Å². The van der Waals surface area contributed by atoms with E-state index >= 15 is 0 Å². The Morgan fingerprint density at radius 1 is 1.22 bits per heavy atom. The number of fused-ring (bicyclic) bond motifs is 1. The van der Waals surface area contributed by atoms with Gasteiger partial charge in [-0.3, -0.25) is 4.79 Å². The van der Waals surface area contributed by atoms with Gasteiger partial charge in [-0.1, -0.05) is 23.5 Å². The summed E-state index contributed by atoms with van der Waals surface area (Å²) < 4.78 is 13.2. The van der Waals surface area contributed by atoms with Gasteiger partial charge in [0.05, 0.1) is 22.9 Å². The highest BCUT2D eigenvalue weighted by atomic mass is 79.9. The van der Waals surface area contributed by atoms with Gasteiger partial charge in [-0.25, -0.2) is 4.98 Å². The number of carbonyl (C=O) groups excluding carboxylic acids is 1. The molecular formula is C20H19BrN2O3S. The Kier molecular flexibility index (Phi) is 5.31. The van der Waals surface area contributed by atoms with Gasteiger partial charge >= 0.3 is 0 Å². The highest BCUT2D eigenvalue weighted by molar-refractivity contribution is 9.10. The molecule has 2 aromatic carbocycles. The summed E-state index contributed by atoms with van der Waals surface area (Å²) in [7, 11) is 1.60. The minimum Gasteiger partial charge on any atom is -0.497 e. The normalized spacial score (nSPS) is 15.1. The van der Waals surface area contributed by atoms with Crippen molar-refractivity contribution < 1.29 is 14.3 Å². The quantitative estimate of drug-likeness (QED) is 0.579. The molecule has 1 aromatic heterocycles. The molecule has 3 aromatic rings. The van der Waals surface area contributed by atoms with Crippen LogP contribution in [0.5, 0.6) is 10.9 Å². The zero-order valence-electron chi connectivity index (χ0n) is 14.9. The molecule has 0 atom stereocenters. The summed E-state index contributed by atoms with van der Waals surface area (Å²) in [5.41, 5.74) is 1.59. The number of piperidine rings is 1. The molecular weight excluding hydrogens is 428 g/mol. The van der Waals surface area contributed by atoms with Crippen LogP contribution in [-0.4, -0.2) is 42.1 Å². The lowest BCUT2D eigenvalue weighted by molar-refractivity contribution is 0.0594. The molecule has 5 nitrogen and oxygen atoms in total. The molecule has 140 valence electrons. The second-order valence-electron chi connectivity index (χ2n) is 6.40. The maximum Gasteiger partial charge on any atom is 0.274 e. The molecule has 1 amide bonds. The largest absolute Gasteiger partial charge is 0.497 e. The summed E-state index contributed by atoms with van der Waals surface area (Å²) in [4.78, 5) is 19.3. The second kappa shape index (κ2) is 7.86. The number of hydrogen-bond acceptors (Lipinski definition) is 5. The zero-order chi connectivity index (χ0) is 18.8. The standard InChI is InChI=1S/C20H19BrN2O3S/c1-25-14-6-7-16(21)15(12-14)19(24)23-10-8-13(9-11-23)26-20-22-17-4-2-3-5-18(17)27-20/h2-7,12-13H,8-11H2,1H3. The van der Waals surface area contributed by atoms with E-state index in [9.17, 15) is 4.79 Å². The molecule has 0 spiro atoms. The van der Waals surface area contributed by atoms with Gasteiger partial charge in [0.2, 0.25) is 0 Å². The van der Waals surface area contributed by atoms with Crippen molar-refractivity contribution >= 4 is 43.4 Å². The zero-order valence-corrected chi connectivity index (χ0v) is 17.3. The van der Waals surface area contributed by atoms with E-state index in [1.165, 1.54) is 0 Å². The van der Waals surface area contributed by atoms with Crippen LogP contribution in [0.25, 0.3) is 10.2 Å². The van der Waals surface area contributed by atoms with E-state index in [1.807, 2.05) is 41.3 Å². The van der Waals surface area contributed by atoms with E-state index in [4.69, 9.17) is 9.47 Å². The van der Waals surface area contributed by atoms with Crippen LogP contribution in [0.15, 0.2) is 46.9 Å². The van der Waals surface area contributed by atoms with Crippen molar-refractivity contribution in [3.63, 3.8) is 0 Å². The highest BCUT2D eigenvalue weighted by Crippen LogP contribution is 2.30. The van der Waals surface area contributed by atoms with E-state index in [0.29, 0.717) is 29.6 Å². The topological polar surface area (TPSA) is 51.7 Å². The van der Waals surface area contributed by atoms with Crippen molar-refractivity contribution in [2.45, 2.75) is 18.9 Å². The van der Waals surface area contributed by atoms with Crippen molar-refractivity contribution in [2.24, 2.45) is 0 Å². The number of rotatable bonds is 4. The third-order valence-electron chi connectivity index (χ3n) is 4.67. The molecule has 0 aliphatic carbocycles. The van der Waals surface area contributed by atoms with Gasteiger partial charge in [0, 0.05) is 30.4 Å². The maximum absolute atomic E-state index is 12.9. The maximum atomic E-state index is 12.9. The SMILES string of the molecule is COc1ccc(Br)c(C(=O)N2CCC(Oc3nc4ccccc4s3)CC2)c1. The van der Waals surface area contributed by atoms with E-state index in [-0.39, 0.29) is 12.0 Å². The average Bonchev–Trinajstić information content (AvgIpc) is 3.11. The van der Waals surface area contributed by atoms with Gasteiger partial charge in [0.15, 0.2) is 0 Å². The fraction of sp³-hybridized carbons (Fsp3) is 0.300. The fourth-order valence-corrected chi connectivity index (χ4v) is 4.48. The Hall–Kier alpha value is -2.12. The van der Waals surface area contributed by atoms with Crippen molar-refractivity contribution in [1.82, 2.24) is 9.88 Å². The summed E-state index contributed by atoms with van der Waals surface area (Å²) in [6.45, 7) is 1.33. The number of methoxy groups -OCH3 is 1. The van der Waals surface area contributed by atoms with Crippen molar-refractivity contribution in [2.75, 3.05) is 20.2 Å². The number of likely N-dealkylation sites (tertiary alicyclic amines) is 1. The third-order valence-corrected chi connectivity index (χ3v) is 6.29. The smallest absolute Gasteiger partial charge is 0.274 e. The molecule has 0 unspecified atom stereocenters. The summed E-state index contributed by atoms with van der Waals surface area (Å²) in [5.74, 6) is 0.690. The molecule has 1 aliphatic rings. The van der Waals surface area contributed by atoms with Gasteiger partial charge in [-0.15, -0.1) is 0 Å². The molecule has 0 saturated carbocycles. The summed E-state index contributed by atoms with van der Waals surface area (Å²) in [6.07, 6.45) is 1.68. The Morgan fingerprint density at radius 3 is 2.74 bits per heavy atom. The van der Waals surface area contributed by atoms with Crippen LogP contribution < -0.4 is 9.47 Å². The number of nitrogens with zero attached hydrogens (tertiary/aromatic N) is 2. The molecule has 4 rings (SSSR count). The highest BCUT2D eigenvalue weighted by Gasteiger charge is 2.26. The fourth-order valence-electron chi connectivity index (χ4n) is 3.19. The Morgan fingerprint density at radius 2 is 2.00 bits per heavy atom. The first-order chi connectivity index (χ1) is 13.1. The molecule has 1 fully saturated rings. The molecule has 1 aliphatic heterocycles. The van der Waals surface area contributed by atoms with Crippen LogP contribution in [0, 0.1) is 0 Å². The van der Waals surface area contributed by atoms with Gasteiger partial charge < -0.3 is 14.4 Å². The van der Waals surface area contributed by atoms with E-state index in [2.05, 4.69) is 20.9 Å². The Labute approximate surface area is 170 Å². The number of carbonyl (C=O) groups is 1. The number of benzene rings is 2. The monoisotopic (exact) mass is 446 g/mol. The van der Waals surface area contributed by atoms with Gasteiger partial charge in [-0.2, -0.15) is 0 Å². The molecule has 0 radical (unpaired) electrons. The summed E-state index contributed by atoms with van der Waals surface area (Å²) in [5, 5.41) is 0.705. The van der Waals surface area contributed by atoms with Crippen molar-refractivity contribution in [3.05, 3.63) is 52.5 Å². The van der Waals surface area contributed by atoms with Crippen LogP contribution in [0.2, 0.25) is 0 Å². The Bertz CT molecular complexity index is 934. The van der Waals surface area contributed by atoms with Crippen molar-refractivity contribution in [3.8, 4) is 10.9 Å². The van der Waals surface area contributed by atoms with Crippen molar-refractivity contribution in [1.29, 1.82) is 0 Å². The molecule has 2 heterocycles. The van der Waals surface area contributed by atoms with E-state index < -0.39 is 0 Å². The number of para-hydroxylation sites is 1. The molecule has 27 heavy (non-hydrogen) atoms. The number of halogens is 1. The van der Waals surface area contributed by atoms with Crippen LogP contribution in [0.1, 0.15) is 23.2 Å². The lowest BCUT2D eigenvalue weighted by Gasteiger charge is -2.32. The van der Waals surface area contributed by atoms with E-state index in [1.54, 1.807) is 24.5 Å². The lowest BCUT2D eigenvalue weighted by atomic mass is 10.1. The van der Waals surface area contributed by atoms with Gasteiger partial charge in [0.25, 0.3) is 11.1 Å². The second-order valence-corrected chi connectivity index (χ2v) is 8.25. The number of thiazole rings is 1. The van der Waals surface area contributed by atoms with Crippen LogP contribution >= 0.6 is 27.3 Å². The minimum atomic E-state index is 0.0132. The molecule has 0 N–H and O–H groups in total. The van der Waals surface area contributed by atoms with Gasteiger partial charge in [0.1, 0.15) is 11.9 Å². The number of aromatic nitrogens is 1. The number of amides is 1. The van der Waals surface area contributed by atoms with Crippen LogP contribution in [0.3, 0.4) is 0 Å². The average molecular weight is 447 g/mol. The molecule has 0 bridgehead atoms. The van der Waals surface area contributed by atoms with Gasteiger partial charge in [-0.05, 0) is 46.3 Å². The number of ether oxygens (including phenoxy) is 2. The van der Waals surface area contributed by atoms with Crippen LogP contribution in [-0.2, 0) is 0 Å². The molecule has 7 heteroatoms.